The molecule has 0 amide bonds. The highest BCUT2D eigenvalue weighted by Crippen LogP contribution is 2.37. The van der Waals surface area contributed by atoms with Crippen molar-refractivity contribution in [3.63, 3.8) is 0 Å². The van der Waals surface area contributed by atoms with E-state index in [-0.39, 0.29) is 24.5 Å². The molecule has 0 bridgehead atoms. The first kappa shape index (κ1) is 11.6. The van der Waals surface area contributed by atoms with E-state index in [1.54, 1.807) is 6.08 Å². The number of carbonyl (C=O) groups excluding carboxylic acids is 1. The molecule has 0 radical (unpaired) electrons. The van der Waals surface area contributed by atoms with Crippen molar-refractivity contribution in [2.75, 3.05) is 7.11 Å². The molecule has 2 rings (SSSR count). The fraction of sp³-hybridized carbons (Fsp3) is 0.727. The van der Waals surface area contributed by atoms with Crippen LogP contribution in [0.4, 0.5) is 0 Å². The van der Waals surface area contributed by atoms with Gasteiger partial charge in [0.05, 0.1) is 13.2 Å². The first-order valence-electron chi connectivity index (χ1n) is 5.27. The van der Waals surface area contributed by atoms with Crippen LogP contribution < -0.4 is 0 Å². The summed E-state index contributed by atoms with van der Waals surface area (Å²) in [7, 11) is 1.34. The van der Waals surface area contributed by atoms with E-state index in [0.29, 0.717) is 6.42 Å². The monoisotopic (exact) mass is 228 g/mol. The Labute approximate surface area is 94.3 Å². The van der Waals surface area contributed by atoms with E-state index in [2.05, 4.69) is 4.74 Å². The Morgan fingerprint density at radius 3 is 2.81 bits per heavy atom. The normalized spacial score (nSPS) is 36.6. The Balaban J connectivity index is 1.87. The fourth-order valence-electron chi connectivity index (χ4n) is 1.91. The van der Waals surface area contributed by atoms with Crippen LogP contribution in [0.5, 0.6) is 0 Å². The van der Waals surface area contributed by atoms with Gasteiger partial charge in [-0.3, -0.25) is 0 Å². The summed E-state index contributed by atoms with van der Waals surface area (Å²) < 4.78 is 21.2. The van der Waals surface area contributed by atoms with E-state index in [1.807, 2.05) is 13.8 Å². The van der Waals surface area contributed by atoms with Gasteiger partial charge in [-0.2, -0.15) is 0 Å². The zero-order valence-corrected chi connectivity index (χ0v) is 9.64. The van der Waals surface area contributed by atoms with Crippen molar-refractivity contribution in [1.82, 2.24) is 0 Å². The SMILES string of the molecule is COC(=O)/C=C/C1CC2OC(C)(C)OC2O1. The molecule has 2 heterocycles. The molecule has 2 aliphatic heterocycles. The molecule has 16 heavy (non-hydrogen) atoms. The van der Waals surface area contributed by atoms with Crippen LogP contribution in [0.3, 0.4) is 0 Å². The topological polar surface area (TPSA) is 54.0 Å². The van der Waals surface area contributed by atoms with Crippen molar-refractivity contribution in [1.29, 1.82) is 0 Å². The molecule has 3 atom stereocenters. The van der Waals surface area contributed by atoms with Crippen molar-refractivity contribution >= 4 is 5.97 Å². The molecule has 2 aliphatic rings. The van der Waals surface area contributed by atoms with Crippen molar-refractivity contribution in [2.24, 2.45) is 0 Å². The number of rotatable bonds is 2. The van der Waals surface area contributed by atoms with Crippen LogP contribution in [0, 0.1) is 0 Å². The third-order valence-electron chi connectivity index (χ3n) is 2.56. The minimum Gasteiger partial charge on any atom is -0.466 e. The van der Waals surface area contributed by atoms with Gasteiger partial charge in [-0.25, -0.2) is 4.79 Å². The van der Waals surface area contributed by atoms with E-state index in [0.717, 1.165) is 0 Å². The lowest BCUT2D eigenvalue weighted by Crippen LogP contribution is -2.24. The number of carbonyl (C=O) groups is 1. The maximum Gasteiger partial charge on any atom is 0.330 e. The standard InChI is InChI=1S/C11H16O5/c1-11(2)15-8-6-7(14-10(8)16-11)4-5-9(12)13-3/h4-5,7-8,10H,6H2,1-3H3/b5-4+. The smallest absolute Gasteiger partial charge is 0.330 e. The Kier molecular flexibility index (Phi) is 3.01. The third kappa shape index (κ3) is 2.42. The van der Waals surface area contributed by atoms with Gasteiger partial charge in [0.2, 0.25) is 0 Å². The number of ether oxygens (including phenoxy) is 4. The summed E-state index contributed by atoms with van der Waals surface area (Å²) in [5.74, 6) is -0.963. The summed E-state index contributed by atoms with van der Waals surface area (Å²) in [6, 6.07) is 0. The zero-order valence-electron chi connectivity index (χ0n) is 9.64. The third-order valence-corrected chi connectivity index (χ3v) is 2.56. The first-order valence-corrected chi connectivity index (χ1v) is 5.27. The molecule has 3 unspecified atom stereocenters. The first-order chi connectivity index (χ1) is 7.50. The number of methoxy groups -OCH3 is 1. The Bertz CT molecular complexity index is 293. The van der Waals surface area contributed by atoms with Gasteiger partial charge in [0, 0.05) is 12.5 Å². The lowest BCUT2D eigenvalue weighted by atomic mass is 10.2. The summed E-state index contributed by atoms with van der Waals surface area (Å²) in [5.41, 5.74) is 0. The molecule has 0 spiro atoms. The minimum atomic E-state index is -0.577. The van der Waals surface area contributed by atoms with Crippen LogP contribution in [0.1, 0.15) is 20.3 Å². The number of hydrogen-bond donors (Lipinski definition) is 0. The molecule has 0 aromatic carbocycles. The molecule has 2 saturated heterocycles. The predicted octanol–water partition coefficient (Wildman–Crippen LogP) is 0.982. The van der Waals surface area contributed by atoms with Crippen LogP contribution in [0.15, 0.2) is 12.2 Å². The predicted molar refractivity (Wildman–Crippen MR) is 54.5 cm³/mol. The quantitative estimate of drug-likeness (QED) is 0.521. The highest BCUT2D eigenvalue weighted by Gasteiger charge is 2.47. The largest absolute Gasteiger partial charge is 0.466 e. The second kappa shape index (κ2) is 4.16. The summed E-state index contributed by atoms with van der Waals surface area (Å²) in [6.07, 6.45) is 3.19. The lowest BCUT2D eigenvalue weighted by molar-refractivity contribution is -0.200. The van der Waals surface area contributed by atoms with Crippen molar-refractivity contribution in [2.45, 2.75) is 44.6 Å². The van der Waals surface area contributed by atoms with Crippen LogP contribution in [0.25, 0.3) is 0 Å². The van der Waals surface area contributed by atoms with E-state index in [9.17, 15) is 4.79 Å². The summed E-state index contributed by atoms with van der Waals surface area (Å²) in [6.45, 7) is 3.71. The highest BCUT2D eigenvalue weighted by atomic mass is 16.8. The summed E-state index contributed by atoms with van der Waals surface area (Å²) in [5, 5.41) is 0. The van der Waals surface area contributed by atoms with E-state index in [4.69, 9.17) is 14.2 Å². The van der Waals surface area contributed by atoms with E-state index >= 15 is 0 Å². The average Bonchev–Trinajstić information content (AvgIpc) is 2.67. The zero-order chi connectivity index (χ0) is 11.8. The molecule has 0 aliphatic carbocycles. The maximum absolute atomic E-state index is 10.9. The highest BCUT2D eigenvalue weighted by molar-refractivity contribution is 5.81. The fourth-order valence-corrected chi connectivity index (χ4v) is 1.91. The van der Waals surface area contributed by atoms with Gasteiger partial charge in [0.1, 0.15) is 6.10 Å². The summed E-state index contributed by atoms with van der Waals surface area (Å²) >= 11 is 0. The Morgan fingerprint density at radius 2 is 2.19 bits per heavy atom. The van der Waals surface area contributed by atoms with Crippen LogP contribution in [0.2, 0.25) is 0 Å². The van der Waals surface area contributed by atoms with Gasteiger partial charge >= 0.3 is 5.97 Å². The number of hydrogen-bond acceptors (Lipinski definition) is 5. The molecule has 90 valence electrons. The van der Waals surface area contributed by atoms with Crippen LogP contribution in [-0.2, 0) is 23.7 Å². The lowest BCUT2D eigenvalue weighted by Gasteiger charge is -2.19. The van der Waals surface area contributed by atoms with Crippen molar-refractivity contribution < 1.29 is 23.7 Å². The molecule has 5 nitrogen and oxygen atoms in total. The van der Waals surface area contributed by atoms with Gasteiger partial charge in [-0.05, 0) is 19.9 Å². The van der Waals surface area contributed by atoms with Crippen LogP contribution in [-0.4, -0.2) is 37.4 Å². The average molecular weight is 228 g/mol. The Morgan fingerprint density at radius 1 is 1.44 bits per heavy atom. The molecule has 0 saturated carbocycles. The van der Waals surface area contributed by atoms with Gasteiger partial charge in [-0.1, -0.05) is 0 Å². The number of esters is 1. The van der Waals surface area contributed by atoms with Gasteiger partial charge in [0.25, 0.3) is 0 Å². The molecule has 0 aromatic heterocycles. The minimum absolute atomic E-state index is 0.0534. The van der Waals surface area contributed by atoms with Crippen molar-refractivity contribution in [3.05, 3.63) is 12.2 Å². The van der Waals surface area contributed by atoms with Crippen LogP contribution >= 0.6 is 0 Å². The second-order valence-corrected chi connectivity index (χ2v) is 4.33. The second-order valence-electron chi connectivity index (χ2n) is 4.33. The maximum atomic E-state index is 10.9. The van der Waals surface area contributed by atoms with Crippen molar-refractivity contribution in [3.8, 4) is 0 Å². The van der Waals surface area contributed by atoms with E-state index in [1.165, 1.54) is 13.2 Å². The summed E-state index contributed by atoms with van der Waals surface area (Å²) in [4.78, 5) is 10.9. The van der Waals surface area contributed by atoms with Gasteiger partial charge < -0.3 is 18.9 Å². The molecular formula is C11H16O5. The molecular weight excluding hydrogens is 212 g/mol. The molecule has 5 heteroatoms. The van der Waals surface area contributed by atoms with Gasteiger partial charge in [0.15, 0.2) is 12.1 Å². The van der Waals surface area contributed by atoms with E-state index < -0.39 is 5.79 Å². The van der Waals surface area contributed by atoms with Gasteiger partial charge in [-0.15, -0.1) is 0 Å². The molecule has 0 aromatic rings. The molecule has 0 N–H and O–H groups in total. The number of fused-ring (bicyclic) bond motifs is 1. The molecule has 2 fully saturated rings. The Hall–Kier alpha value is -0.910.